The molecule has 0 aromatic carbocycles. The fraction of sp³-hybridized carbons (Fsp3) is 0.692. The SMILES string of the molecule is CCCCCC(NC)c1cc(C)oc1C. The van der Waals surface area contributed by atoms with Crippen LogP contribution in [-0.4, -0.2) is 7.05 Å². The lowest BCUT2D eigenvalue weighted by Gasteiger charge is -2.15. The van der Waals surface area contributed by atoms with Crippen LogP contribution >= 0.6 is 0 Å². The summed E-state index contributed by atoms with van der Waals surface area (Å²) in [6.45, 7) is 6.30. The van der Waals surface area contributed by atoms with Crippen molar-refractivity contribution >= 4 is 0 Å². The van der Waals surface area contributed by atoms with Gasteiger partial charge in [-0.05, 0) is 33.4 Å². The molecule has 0 saturated carbocycles. The van der Waals surface area contributed by atoms with Gasteiger partial charge >= 0.3 is 0 Å². The molecule has 1 aromatic rings. The van der Waals surface area contributed by atoms with Crippen LogP contribution in [0.2, 0.25) is 0 Å². The van der Waals surface area contributed by atoms with Gasteiger partial charge in [-0.3, -0.25) is 0 Å². The Kier molecular flexibility index (Phi) is 4.89. The van der Waals surface area contributed by atoms with Gasteiger partial charge in [0.2, 0.25) is 0 Å². The Hall–Kier alpha value is -0.760. The van der Waals surface area contributed by atoms with Crippen LogP contribution in [0.4, 0.5) is 0 Å². The maximum absolute atomic E-state index is 5.56. The molecule has 1 unspecified atom stereocenters. The summed E-state index contributed by atoms with van der Waals surface area (Å²) in [7, 11) is 2.03. The minimum absolute atomic E-state index is 0.453. The fourth-order valence-corrected chi connectivity index (χ4v) is 2.05. The van der Waals surface area contributed by atoms with Gasteiger partial charge in [-0.15, -0.1) is 0 Å². The van der Waals surface area contributed by atoms with Crippen LogP contribution in [0.3, 0.4) is 0 Å². The van der Waals surface area contributed by atoms with E-state index in [1.165, 1.54) is 31.2 Å². The maximum Gasteiger partial charge on any atom is 0.105 e. The molecule has 15 heavy (non-hydrogen) atoms. The minimum Gasteiger partial charge on any atom is -0.466 e. The quantitative estimate of drug-likeness (QED) is 0.722. The van der Waals surface area contributed by atoms with Crippen molar-refractivity contribution in [3.63, 3.8) is 0 Å². The summed E-state index contributed by atoms with van der Waals surface area (Å²) < 4.78 is 5.56. The Labute approximate surface area is 93.1 Å². The highest BCUT2D eigenvalue weighted by molar-refractivity contribution is 5.23. The summed E-state index contributed by atoms with van der Waals surface area (Å²) in [5, 5.41) is 3.37. The Morgan fingerprint density at radius 3 is 2.53 bits per heavy atom. The third-order valence-electron chi connectivity index (χ3n) is 2.90. The summed E-state index contributed by atoms with van der Waals surface area (Å²) in [5.41, 5.74) is 1.33. The predicted octanol–water partition coefficient (Wildman–Crippen LogP) is 3.74. The summed E-state index contributed by atoms with van der Waals surface area (Å²) in [4.78, 5) is 0. The van der Waals surface area contributed by atoms with Crippen molar-refractivity contribution in [3.05, 3.63) is 23.2 Å². The van der Waals surface area contributed by atoms with Gasteiger partial charge in [-0.25, -0.2) is 0 Å². The lowest BCUT2D eigenvalue weighted by Crippen LogP contribution is -2.16. The number of hydrogen-bond donors (Lipinski definition) is 1. The number of unbranched alkanes of at least 4 members (excludes halogenated alkanes) is 2. The predicted molar refractivity (Wildman–Crippen MR) is 64.1 cm³/mol. The van der Waals surface area contributed by atoms with Crippen molar-refractivity contribution in [1.82, 2.24) is 5.32 Å². The average molecular weight is 209 g/mol. The zero-order valence-electron chi connectivity index (χ0n) is 10.4. The molecule has 1 rings (SSSR count). The molecule has 2 nitrogen and oxygen atoms in total. The van der Waals surface area contributed by atoms with Crippen LogP contribution in [0.5, 0.6) is 0 Å². The Morgan fingerprint density at radius 1 is 1.33 bits per heavy atom. The highest BCUT2D eigenvalue weighted by atomic mass is 16.3. The van der Waals surface area contributed by atoms with Gasteiger partial charge in [-0.1, -0.05) is 26.2 Å². The van der Waals surface area contributed by atoms with E-state index in [4.69, 9.17) is 4.42 Å². The second kappa shape index (κ2) is 5.96. The molecule has 0 amide bonds. The molecule has 0 saturated heterocycles. The fourth-order valence-electron chi connectivity index (χ4n) is 2.05. The van der Waals surface area contributed by atoms with E-state index in [9.17, 15) is 0 Å². The number of hydrogen-bond acceptors (Lipinski definition) is 2. The molecule has 1 aromatic heterocycles. The van der Waals surface area contributed by atoms with E-state index >= 15 is 0 Å². The van der Waals surface area contributed by atoms with E-state index in [-0.39, 0.29) is 0 Å². The van der Waals surface area contributed by atoms with E-state index in [1.54, 1.807) is 0 Å². The lowest BCUT2D eigenvalue weighted by atomic mass is 10.0. The number of nitrogens with one attached hydrogen (secondary N) is 1. The molecule has 1 heterocycles. The van der Waals surface area contributed by atoms with Crippen LogP contribution in [0.25, 0.3) is 0 Å². The summed E-state index contributed by atoms with van der Waals surface area (Å²) >= 11 is 0. The molecular formula is C13H23NO. The Bertz CT molecular complexity index is 291. The lowest BCUT2D eigenvalue weighted by molar-refractivity contribution is 0.474. The van der Waals surface area contributed by atoms with Crippen molar-refractivity contribution in [2.45, 2.75) is 52.5 Å². The zero-order valence-corrected chi connectivity index (χ0v) is 10.4. The van der Waals surface area contributed by atoms with E-state index in [2.05, 4.69) is 18.3 Å². The molecule has 0 aliphatic heterocycles. The molecule has 0 aliphatic rings. The van der Waals surface area contributed by atoms with Crippen LogP contribution in [-0.2, 0) is 0 Å². The van der Waals surface area contributed by atoms with E-state index in [1.807, 2.05) is 20.9 Å². The summed E-state index contributed by atoms with van der Waals surface area (Å²) in [6.07, 6.45) is 5.07. The Morgan fingerprint density at radius 2 is 2.07 bits per heavy atom. The summed E-state index contributed by atoms with van der Waals surface area (Å²) in [5.74, 6) is 2.07. The van der Waals surface area contributed by atoms with Crippen molar-refractivity contribution in [3.8, 4) is 0 Å². The molecule has 0 fully saturated rings. The second-order valence-electron chi connectivity index (χ2n) is 4.21. The van der Waals surface area contributed by atoms with Gasteiger partial charge in [0.15, 0.2) is 0 Å². The zero-order chi connectivity index (χ0) is 11.3. The first-order valence-electron chi connectivity index (χ1n) is 5.93. The molecular weight excluding hydrogens is 186 g/mol. The van der Waals surface area contributed by atoms with Gasteiger partial charge in [0, 0.05) is 11.6 Å². The first-order valence-corrected chi connectivity index (χ1v) is 5.93. The molecule has 1 N–H and O–H groups in total. The van der Waals surface area contributed by atoms with Crippen molar-refractivity contribution in [2.75, 3.05) is 7.05 Å². The largest absolute Gasteiger partial charge is 0.466 e. The number of rotatable bonds is 6. The first-order chi connectivity index (χ1) is 7.19. The molecule has 2 heteroatoms. The van der Waals surface area contributed by atoms with Crippen LogP contribution in [0, 0.1) is 13.8 Å². The van der Waals surface area contributed by atoms with Crippen LogP contribution in [0.1, 0.15) is 55.7 Å². The van der Waals surface area contributed by atoms with Gasteiger partial charge in [0.05, 0.1) is 0 Å². The van der Waals surface area contributed by atoms with Crippen molar-refractivity contribution in [1.29, 1.82) is 0 Å². The highest BCUT2D eigenvalue weighted by Crippen LogP contribution is 2.25. The first kappa shape index (κ1) is 12.3. The van der Waals surface area contributed by atoms with E-state index in [0.29, 0.717) is 6.04 Å². The van der Waals surface area contributed by atoms with Gasteiger partial charge in [0.25, 0.3) is 0 Å². The molecule has 86 valence electrons. The molecule has 0 spiro atoms. The second-order valence-corrected chi connectivity index (χ2v) is 4.21. The Balaban J connectivity index is 2.61. The van der Waals surface area contributed by atoms with Crippen molar-refractivity contribution < 1.29 is 4.42 Å². The minimum atomic E-state index is 0.453. The topological polar surface area (TPSA) is 25.2 Å². The number of aryl methyl sites for hydroxylation is 2. The standard InChI is InChI=1S/C13H23NO/c1-5-6-7-8-13(14-4)12-9-10(2)15-11(12)3/h9,13-14H,5-8H2,1-4H3. The molecule has 0 aliphatic carbocycles. The monoisotopic (exact) mass is 209 g/mol. The molecule has 0 radical (unpaired) electrons. The average Bonchev–Trinajstić information content (AvgIpc) is 2.53. The van der Waals surface area contributed by atoms with Gasteiger partial charge in [0.1, 0.15) is 11.5 Å². The van der Waals surface area contributed by atoms with Crippen LogP contribution in [0.15, 0.2) is 10.5 Å². The third kappa shape index (κ3) is 3.38. The third-order valence-corrected chi connectivity index (χ3v) is 2.90. The van der Waals surface area contributed by atoms with Crippen molar-refractivity contribution in [2.24, 2.45) is 0 Å². The van der Waals surface area contributed by atoms with Crippen LogP contribution < -0.4 is 5.32 Å². The normalized spacial score (nSPS) is 13.1. The smallest absolute Gasteiger partial charge is 0.105 e. The van der Waals surface area contributed by atoms with Gasteiger partial charge < -0.3 is 9.73 Å². The van der Waals surface area contributed by atoms with Gasteiger partial charge in [-0.2, -0.15) is 0 Å². The maximum atomic E-state index is 5.56. The molecule has 0 bridgehead atoms. The molecule has 1 atom stereocenters. The summed E-state index contributed by atoms with van der Waals surface area (Å²) in [6, 6.07) is 2.61. The highest BCUT2D eigenvalue weighted by Gasteiger charge is 2.14. The van der Waals surface area contributed by atoms with E-state index < -0.39 is 0 Å². The number of furan rings is 1. The van der Waals surface area contributed by atoms with E-state index in [0.717, 1.165) is 11.5 Å².